The SMILES string of the molecule is COc1ncc(-c2ccc(F)c(Cl)c2)cc1CN(C)CCOC=O. The van der Waals surface area contributed by atoms with E-state index >= 15 is 0 Å². The predicted octanol–water partition coefficient (Wildman–Crippen LogP) is 3.15. The molecule has 0 radical (unpaired) electrons. The third-order valence-corrected chi connectivity index (χ3v) is 3.76. The van der Waals surface area contributed by atoms with Crippen molar-refractivity contribution in [1.82, 2.24) is 9.88 Å². The minimum Gasteiger partial charge on any atom is -0.481 e. The van der Waals surface area contributed by atoms with E-state index in [1.807, 2.05) is 18.0 Å². The molecule has 1 aromatic heterocycles. The van der Waals surface area contributed by atoms with Gasteiger partial charge in [-0.2, -0.15) is 0 Å². The molecule has 0 fully saturated rings. The highest BCUT2D eigenvalue weighted by atomic mass is 35.5. The van der Waals surface area contributed by atoms with Crippen molar-refractivity contribution >= 4 is 18.1 Å². The van der Waals surface area contributed by atoms with Gasteiger partial charge in [0.05, 0.1) is 12.1 Å². The summed E-state index contributed by atoms with van der Waals surface area (Å²) in [4.78, 5) is 16.5. The first-order chi connectivity index (χ1) is 11.5. The van der Waals surface area contributed by atoms with Gasteiger partial charge in [0.25, 0.3) is 6.47 Å². The number of likely N-dealkylation sites (N-methyl/N-ethyl adjacent to an activating group) is 1. The maximum atomic E-state index is 13.3. The van der Waals surface area contributed by atoms with E-state index in [9.17, 15) is 9.18 Å². The quantitative estimate of drug-likeness (QED) is 0.539. The number of pyridine rings is 1. The van der Waals surface area contributed by atoms with Crippen molar-refractivity contribution in [2.45, 2.75) is 6.54 Å². The molecule has 2 aromatic rings. The fourth-order valence-electron chi connectivity index (χ4n) is 2.25. The van der Waals surface area contributed by atoms with Crippen LogP contribution in [0.15, 0.2) is 30.5 Å². The number of carbonyl (C=O) groups excluding carboxylic acids is 1. The Morgan fingerprint density at radius 1 is 1.33 bits per heavy atom. The van der Waals surface area contributed by atoms with Crippen molar-refractivity contribution in [3.63, 3.8) is 0 Å². The van der Waals surface area contributed by atoms with Gasteiger partial charge in [-0.1, -0.05) is 17.7 Å². The van der Waals surface area contributed by atoms with Crippen molar-refractivity contribution in [2.24, 2.45) is 0 Å². The van der Waals surface area contributed by atoms with Gasteiger partial charge in [0.1, 0.15) is 12.4 Å². The molecule has 0 atom stereocenters. The van der Waals surface area contributed by atoms with Crippen LogP contribution in [0, 0.1) is 5.82 Å². The number of ether oxygens (including phenoxy) is 2. The standard InChI is InChI=1S/C17H18ClFN2O3/c1-21(5-6-24-11-22)10-14-7-13(9-20-17(14)23-2)12-3-4-16(19)15(18)8-12/h3-4,7-9,11H,5-6,10H2,1-2H3. The van der Waals surface area contributed by atoms with Crippen LogP contribution in [0.1, 0.15) is 5.56 Å². The zero-order valence-corrected chi connectivity index (χ0v) is 14.2. The Bertz CT molecular complexity index is 712. The maximum absolute atomic E-state index is 13.3. The Morgan fingerprint density at radius 2 is 2.12 bits per heavy atom. The zero-order valence-electron chi connectivity index (χ0n) is 13.5. The van der Waals surface area contributed by atoms with Crippen LogP contribution in [0.25, 0.3) is 11.1 Å². The number of nitrogens with zero attached hydrogens (tertiary/aromatic N) is 2. The number of methoxy groups -OCH3 is 1. The summed E-state index contributed by atoms with van der Waals surface area (Å²) in [6.45, 7) is 1.87. The number of benzene rings is 1. The highest BCUT2D eigenvalue weighted by molar-refractivity contribution is 6.31. The summed E-state index contributed by atoms with van der Waals surface area (Å²) < 4.78 is 23.3. The normalized spacial score (nSPS) is 10.7. The molecule has 0 saturated heterocycles. The lowest BCUT2D eigenvalue weighted by molar-refractivity contribution is -0.129. The molecule has 0 N–H and O–H groups in total. The summed E-state index contributed by atoms with van der Waals surface area (Å²) >= 11 is 5.85. The maximum Gasteiger partial charge on any atom is 0.293 e. The van der Waals surface area contributed by atoms with Crippen LogP contribution in [0.5, 0.6) is 5.88 Å². The van der Waals surface area contributed by atoms with E-state index in [1.165, 1.54) is 6.07 Å². The third kappa shape index (κ3) is 4.66. The molecule has 0 spiro atoms. The molecule has 2 rings (SSSR count). The van der Waals surface area contributed by atoms with E-state index < -0.39 is 5.82 Å². The average molecular weight is 353 g/mol. The lowest BCUT2D eigenvalue weighted by Crippen LogP contribution is -2.23. The number of carbonyl (C=O) groups is 1. The lowest BCUT2D eigenvalue weighted by atomic mass is 10.1. The van der Waals surface area contributed by atoms with Crippen LogP contribution in [0.3, 0.4) is 0 Å². The first-order valence-corrected chi connectivity index (χ1v) is 7.65. The van der Waals surface area contributed by atoms with Gasteiger partial charge < -0.3 is 9.47 Å². The third-order valence-electron chi connectivity index (χ3n) is 3.47. The molecule has 1 aromatic carbocycles. The van der Waals surface area contributed by atoms with Gasteiger partial charge >= 0.3 is 0 Å². The van der Waals surface area contributed by atoms with Crippen molar-refractivity contribution < 1.29 is 18.7 Å². The van der Waals surface area contributed by atoms with Gasteiger partial charge in [-0.05, 0) is 30.8 Å². The van der Waals surface area contributed by atoms with E-state index in [0.717, 1.165) is 16.7 Å². The minimum atomic E-state index is -0.461. The molecule has 0 aliphatic heterocycles. The predicted molar refractivity (Wildman–Crippen MR) is 89.5 cm³/mol. The highest BCUT2D eigenvalue weighted by Gasteiger charge is 2.11. The number of halogens is 2. The Labute approximate surface area is 145 Å². The first-order valence-electron chi connectivity index (χ1n) is 7.27. The van der Waals surface area contributed by atoms with Gasteiger partial charge in [-0.15, -0.1) is 0 Å². The van der Waals surface area contributed by atoms with Gasteiger partial charge in [0.15, 0.2) is 0 Å². The average Bonchev–Trinajstić information content (AvgIpc) is 2.57. The molecule has 0 aliphatic rings. The van der Waals surface area contributed by atoms with Gasteiger partial charge in [0.2, 0.25) is 5.88 Å². The number of aromatic nitrogens is 1. The van der Waals surface area contributed by atoms with E-state index in [2.05, 4.69) is 4.98 Å². The minimum absolute atomic E-state index is 0.0630. The van der Waals surface area contributed by atoms with Crippen molar-refractivity contribution in [2.75, 3.05) is 27.3 Å². The molecule has 1 heterocycles. The summed E-state index contributed by atoms with van der Waals surface area (Å²) in [5.74, 6) is 0.0483. The number of rotatable bonds is 8. The molecule has 0 saturated carbocycles. The molecule has 0 amide bonds. The fraction of sp³-hybridized carbons (Fsp3) is 0.294. The van der Waals surface area contributed by atoms with E-state index in [-0.39, 0.29) is 5.02 Å². The van der Waals surface area contributed by atoms with Crippen molar-refractivity contribution in [3.8, 4) is 17.0 Å². The van der Waals surface area contributed by atoms with Crippen LogP contribution < -0.4 is 4.74 Å². The Kier molecular flexibility index (Phi) is 6.52. The fourth-order valence-corrected chi connectivity index (χ4v) is 2.44. The van der Waals surface area contributed by atoms with Crippen LogP contribution in [0.4, 0.5) is 4.39 Å². The van der Waals surface area contributed by atoms with Gasteiger partial charge in [-0.3, -0.25) is 9.69 Å². The van der Waals surface area contributed by atoms with Crippen molar-refractivity contribution in [1.29, 1.82) is 0 Å². The summed E-state index contributed by atoms with van der Waals surface area (Å²) in [5, 5.41) is 0.0630. The Morgan fingerprint density at radius 3 is 2.79 bits per heavy atom. The summed E-state index contributed by atoms with van der Waals surface area (Å²) in [5.41, 5.74) is 2.44. The van der Waals surface area contributed by atoms with E-state index in [4.69, 9.17) is 21.1 Å². The first kappa shape index (κ1) is 18.2. The Balaban J connectivity index is 2.23. The second kappa shape index (κ2) is 8.61. The second-order valence-electron chi connectivity index (χ2n) is 5.23. The number of hydrogen-bond donors (Lipinski definition) is 0. The van der Waals surface area contributed by atoms with E-state index in [1.54, 1.807) is 25.4 Å². The van der Waals surface area contributed by atoms with Crippen LogP contribution in [-0.2, 0) is 16.1 Å². The zero-order chi connectivity index (χ0) is 17.5. The monoisotopic (exact) mass is 352 g/mol. The Hall–Kier alpha value is -2.18. The molecule has 7 heteroatoms. The molecule has 0 bridgehead atoms. The lowest BCUT2D eigenvalue weighted by Gasteiger charge is -2.18. The van der Waals surface area contributed by atoms with E-state index in [0.29, 0.717) is 32.0 Å². The number of hydrogen-bond acceptors (Lipinski definition) is 5. The molecule has 5 nitrogen and oxygen atoms in total. The smallest absolute Gasteiger partial charge is 0.293 e. The highest BCUT2D eigenvalue weighted by Crippen LogP contribution is 2.28. The molecular weight excluding hydrogens is 335 g/mol. The largest absolute Gasteiger partial charge is 0.481 e. The molecule has 128 valence electrons. The molecular formula is C17H18ClFN2O3. The summed E-state index contributed by atoms with van der Waals surface area (Å²) in [6.07, 6.45) is 1.65. The topological polar surface area (TPSA) is 51.7 Å². The second-order valence-corrected chi connectivity index (χ2v) is 5.63. The van der Waals surface area contributed by atoms with Gasteiger partial charge in [0, 0.05) is 30.4 Å². The summed E-state index contributed by atoms with van der Waals surface area (Å²) in [7, 11) is 3.45. The molecule has 0 aliphatic carbocycles. The van der Waals surface area contributed by atoms with Crippen LogP contribution in [0.2, 0.25) is 5.02 Å². The molecule has 24 heavy (non-hydrogen) atoms. The molecule has 0 unspecified atom stereocenters. The summed E-state index contributed by atoms with van der Waals surface area (Å²) in [6, 6.07) is 6.46. The van der Waals surface area contributed by atoms with Gasteiger partial charge in [-0.25, -0.2) is 9.37 Å². The van der Waals surface area contributed by atoms with Crippen LogP contribution in [-0.4, -0.2) is 43.7 Å². The van der Waals surface area contributed by atoms with Crippen LogP contribution >= 0.6 is 11.6 Å². The van der Waals surface area contributed by atoms with Crippen molar-refractivity contribution in [3.05, 3.63) is 46.9 Å².